The minimum Gasteiger partial charge on any atom is -0.394 e. The maximum Gasteiger partial charge on any atom is 0.187 e. The molecular weight excluding hydrogens is 546 g/mol. The van der Waals surface area contributed by atoms with E-state index in [1.165, 1.54) is 6.92 Å². The third-order valence-corrected chi connectivity index (χ3v) is 7.16. The van der Waals surface area contributed by atoms with Gasteiger partial charge in [0.05, 0.1) is 25.9 Å². The molecule has 3 rings (SSSR count). The first-order chi connectivity index (χ1) is 19.1. The zero-order valence-electron chi connectivity index (χ0n) is 21.7. The minimum absolute atomic E-state index is 0.00119. The van der Waals surface area contributed by atoms with Crippen molar-refractivity contribution in [1.82, 2.24) is 0 Å². The average molecular weight is 586 g/mol. The van der Waals surface area contributed by atoms with Gasteiger partial charge >= 0.3 is 0 Å². The lowest BCUT2D eigenvalue weighted by atomic mass is 9.92. The number of hydrogen-bond acceptors (Lipinski definition) is 16. The Hall–Kier alpha value is -1.29. The number of ether oxygens (including phenoxy) is 6. The first kappa shape index (κ1) is 33.2. The SMILES string of the molecule is CC1C(OC2C(O)C(CO)OC(OC3C(CO)OC(OCCCN=[N+]=[N-])C(O)C3O)C2O)OC(CO)C(O)C1O. The Morgan fingerprint density at radius 2 is 1.25 bits per heavy atom. The van der Waals surface area contributed by atoms with E-state index in [0.717, 1.165) is 0 Å². The van der Waals surface area contributed by atoms with Gasteiger partial charge in [0.2, 0.25) is 0 Å². The fourth-order valence-electron chi connectivity index (χ4n) is 4.75. The van der Waals surface area contributed by atoms with Gasteiger partial charge in [-0.25, -0.2) is 0 Å². The molecule has 3 fully saturated rings. The molecule has 0 amide bonds. The molecule has 0 aromatic rings. The van der Waals surface area contributed by atoms with Crippen molar-refractivity contribution in [2.24, 2.45) is 11.0 Å². The van der Waals surface area contributed by atoms with E-state index in [1.807, 2.05) is 0 Å². The lowest BCUT2D eigenvalue weighted by Crippen LogP contribution is -2.66. The Kier molecular flexibility index (Phi) is 12.7. The van der Waals surface area contributed by atoms with Crippen molar-refractivity contribution in [1.29, 1.82) is 0 Å². The third kappa shape index (κ3) is 7.37. The van der Waals surface area contributed by atoms with E-state index in [2.05, 4.69) is 10.0 Å². The quantitative estimate of drug-likeness (QED) is 0.0451. The van der Waals surface area contributed by atoms with E-state index in [0.29, 0.717) is 6.42 Å². The highest BCUT2D eigenvalue weighted by atomic mass is 16.8. The molecule has 0 bridgehead atoms. The summed E-state index contributed by atoms with van der Waals surface area (Å²) in [7, 11) is 0. The number of nitrogens with zero attached hydrogens (tertiary/aromatic N) is 3. The van der Waals surface area contributed by atoms with Crippen LogP contribution in [-0.2, 0) is 28.4 Å². The van der Waals surface area contributed by atoms with E-state index in [9.17, 15) is 46.0 Å². The second-order valence-electron chi connectivity index (χ2n) is 9.86. The summed E-state index contributed by atoms with van der Waals surface area (Å²) in [5.74, 6) is -0.877. The number of aliphatic hydroxyl groups is 9. The summed E-state index contributed by atoms with van der Waals surface area (Å²) in [6.45, 7) is -0.520. The molecule has 0 saturated carbocycles. The molecule has 0 radical (unpaired) electrons. The van der Waals surface area contributed by atoms with Crippen LogP contribution in [0, 0.1) is 5.92 Å². The summed E-state index contributed by atoms with van der Waals surface area (Å²) in [4.78, 5) is 2.60. The molecule has 0 aliphatic carbocycles. The normalized spacial score (nSPS) is 46.1. The Morgan fingerprint density at radius 3 is 1.88 bits per heavy atom. The molecular formula is C22H39N3O15. The Bertz CT molecular complexity index is 820. The smallest absolute Gasteiger partial charge is 0.187 e. The zero-order valence-corrected chi connectivity index (χ0v) is 21.7. The van der Waals surface area contributed by atoms with Crippen molar-refractivity contribution in [3.8, 4) is 0 Å². The first-order valence-electron chi connectivity index (χ1n) is 12.9. The summed E-state index contributed by atoms with van der Waals surface area (Å²) >= 11 is 0. The van der Waals surface area contributed by atoms with Gasteiger partial charge in [0, 0.05) is 24.0 Å². The average Bonchev–Trinajstić information content (AvgIpc) is 2.95. The van der Waals surface area contributed by atoms with Crippen LogP contribution in [0.5, 0.6) is 0 Å². The molecule has 3 aliphatic heterocycles. The molecule has 9 N–H and O–H groups in total. The van der Waals surface area contributed by atoms with Crippen LogP contribution in [0.25, 0.3) is 10.4 Å². The fraction of sp³-hybridized carbons (Fsp3) is 1.00. The van der Waals surface area contributed by atoms with Crippen molar-refractivity contribution in [2.75, 3.05) is 33.0 Å². The van der Waals surface area contributed by atoms with Gasteiger partial charge in [0.15, 0.2) is 18.9 Å². The van der Waals surface area contributed by atoms with Crippen LogP contribution in [0.4, 0.5) is 0 Å². The van der Waals surface area contributed by atoms with E-state index >= 15 is 0 Å². The summed E-state index contributed by atoms with van der Waals surface area (Å²) in [5, 5.41) is 95.8. The molecule has 15 atom stereocenters. The van der Waals surface area contributed by atoms with Gasteiger partial charge < -0.3 is 74.4 Å². The highest BCUT2D eigenvalue weighted by Gasteiger charge is 2.53. The molecule has 18 heteroatoms. The maximum atomic E-state index is 11.0. The summed E-state index contributed by atoms with van der Waals surface area (Å²) in [5.41, 5.74) is 8.32. The van der Waals surface area contributed by atoms with Gasteiger partial charge in [-0.05, 0) is 12.0 Å². The van der Waals surface area contributed by atoms with E-state index in [-0.39, 0.29) is 13.2 Å². The molecule has 0 spiro atoms. The van der Waals surface area contributed by atoms with Gasteiger partial charge in [-0.1, -0.05) is 12.0 Å². The van der Waals surface area contributed by atoms with Crippen LogP contribution in [0.3, 0.4) is 0 Å². The summed E-state index contributed by atoms with van der Waals surface area (Å²) < 4.78 is 33.3. The molecule has 0 aromatic heterocycles. The van der Waals surface area contributed by atoms with Crippen LogP contribution >= 0.6 is 0 Å². The topological polar surface area (TPSA) is 286 Å². The fourth-order valence-corrected chi connectivity index (χ4v) is 4.75. The van der Waals surface area contributed by atoms with Crippen molar-refractivity contribution in [2.45, 2.75) is 99.4 Å². The number of hydrogen-bond donors (Lipinski definition) is 9. The first-order valence-corrected chi connectivity index (χ1v) is 12.9. The molecule has 15 unspecified atom stereocenters. The number of rotatable bonds is 12. The Morgan fingerprint density at radius 1 is 0.675 bits per heavy atom. The van der Waals surface area contributed by atoms with Crippen LogP contribution in [0.2, 0.25) is 0 Å². The summed E-state index contributed by atoms with van der Waals surface area (Å²) in [6.07, 6.45) is -20.6. The maximum absolute atomic E-state index is 11.0. The monoisotopic (exact) mass is 585 g/mol. The lowest BCUT2D eigenvalue weighted by molar-refractivity contribution is -0.377. The van der Waals surface area contributed by atoms with Gasteiger partial charge in [0.25, 0.3) is 0 Å². The van der Waals surface area contributed by atoms with Crippen molar-refractivity contribution in [3.63, 3.8) is 0 Å². The van der Waals surface area contributed by atoms with Gasteiger partial charge in [0.1, 0.15) is 61.0 Å². The second-order valence-corrected chi connectivity index (χ2v) is 9.86. The van der Waals surface area contributed by atoms with Crippen LogP contribution in [0.1, 0.15) is 13.3 Å². The van der Waals surface area contributed by atoms with Crippen LogP contribution < -0.4 is 0 Å². The molecule has 18 nitrogen and oxygen atoms in total. The molecule has 3 heterocycles. The van der Waals surface area contributed by atoms with Gasteiger partial charge in [-0.3, -0.25) is 0 Å². The number of azide groups is 1. The van der Waals surface area contributed by atoms with Crippen LogP contribution in [0.15, 0.2) is 5.11 Å². The lowest BCUT2D eigenvalue weighted by Gasteiger charge is -2.48. The third-order valence-electron chi connectivity index (χ3n) is 7.16. The van der Waals surface area contributed by atoms with Crippen molar-refractivity contribution in [3.05, 3.63) is 10.4 Å². The molecule has 0 aromatic carbocycles. The molecule has 3 aliphatic rings. The molecule has 3 saturated heterocycles. The predicted octanol–water partition coefficient (Wildman–Crippen LogP) is -4.57. The zero-order chi connectivity index (χ0) is 29.6. The summed E-state index contributed by atoms with van der Waals surface area (Å²) in [6, 6.07) is 0. The van der Waals surface area contributed by atoms with Gasteiger partial charge in [-0.2, -0.15) is 0 Å². The molecule has 40 heavy (non-hydrogen) atoms. The minimum atomic E-state index is -1.80. The van der Waals surface area contributed by atoms with Gasteiger partial charge in [-0.15, -0.1) is 0 Å². The highest BCUT2D eigenvalue weighted by Crippen LogP contribution is 2.34. The Labute approximate surface area is 228 Å². The Balaban J connectivity index is 1.71. The molecule has 232 valence electrons. The van der Waals surface area contributed by atoms with Crippen LogP contribution in [-0.4, -0.2) is 165 Å². The standard InChI is InChI=1S/C22H39N3O15/c1-8-12(29)13(30)9(5-26)36-20(8)40-19-14(31)10(6-27)37-22(17(19)34)39-18-11(7-28)38-21(16(33)15(18)32)35-4-2-3-24-25-23/h8-22,26-34H,2-7H2,1H3. The number of aliphatic hydroxyl groups excluding tert-OH is 9. The van der Waals surface area contributed by atoms with E-state index in [4.69, 9.17) is 34.0 Å². The predicted molar refractivity (Wildman–Crippen MR) is 127 cm³/mol. The largest absolute Gasteiger partial charge is 0.394 e. The highest BCUT2D eigenvalue weighted by molar-refractivity contribution is 4.96. The van der Waals surface area contributed by atoms with E-state index < -0.39 is 112 Å². The van der Waals surface area contributed by atoms with Crippen molar-refractivity contribution < 1.29 is 74.4 Å². The van der Waals surface area contributed by atoms with Crippen molar-refractivity contribution >= 4 is 0 Å². The van der Waals surface area contributed by atoms with E-state index in [1.54, 1.807) is 0 Å². The second kappa shape index (κ2) is 15.3.